The lowest BCUT2D eigenvalue weighted by Gasteiger charge is -2.15. The third-order valence-electron chi connectivity index (χ3n) is 3.63. The standard InChI is InChI=1S/C15H17F2N3O/c1-2-21-9-15-11-7-20(8-14(11)18-19-15)6-10-3-4-12(16)13(17)5-10/h3-5H,2,6-9H2,1H3,(H,18,19). The Balaban J connectivity index is 1.67. The van der Waals surface area contributed by atoms with Crippen LogP contribution in [0, 0.1) is 11.6 Å². The van der Waals surface area contributed by atoms with Gasteiger partial charge in [-0.2, -0.15) is 5.10 Å². The Morgan fingerprint density at radius 2 is 2.14 bits per heavy atom. The summed E-state index contributed by atoms with van der Waals surface area (Å²) in [5.74, 6) is -1.61. The molecule has 0 amide bonds. The lowest BCUT2D eigenvalue weighted by molar-refractivity contribution is 0.130. The third-order valence-corrected chi connectivity index (χ3v) is 3.63. The minimum absolute atomic E-state index is 0.501. The number of nitrogens with one attached hydrogen (secondary N) is 1. The Morgan fingerprint density at radius 1 is 1.29 bits per heavy atom. The van der Waals surface area contributed by atoms with Crippen LogP contribution >= 0.6 is 0 Å². The third kappa shape index (κ3) is 2.96. The molecule has 0 aliphatic carbocycles. The van der Waals surface area contributed by atoms with Crippen molar-refractivity contribution in [3.05, 3.63) is 52.3 Å². The van der Waals surface area contributed by atoms with Gasteiger partial charge in [-0.3, -0.25) is 10.00 Å². The van der Waals surface area contributed by atoms with Crippen LogP contribution in [0.2, 0.25) is 0 Å². The van der Waals surface area contributed by atoms with Gasteiger partial charge in [-0.1, -0.05) is 6.07 Å². The first-order valence-corrected chi connectivity index (χ1v) is 6.96. The number of hydrogen-bond donors (Lipinski definition) is 1. The predicted octanol–water partition coefficient (Wildman–Crippen LogP) is 2.74. The van der Waals surface area contributed by atoms with Crippen LogP contribution in [-0.4, -0.2) is 21.7 Å². The fourth-order valence-electron chi connectivity index (χ4n) is 2.59. The number of fused-ring (bicyclic) bond motifs is 1. The number of nitrogens with zero attached hydrogens (tertiary/aromatic N) is 2. The highest BCUT2D eigenvalue weighted by atomic mass is 19.2. The number of aromatic amines is 1. The summed E-state index contributed by atoms with van der Waals surface area (Å²) in [4.78, 5) is 2.16. The molecule has 1 N–H and O–H groups in total. The molecule has 0 unspecified atom stereocenters. The van der Waals surface area contributed by atoms with Gasteiger partial charge in [0.05, 0.1) is 18.0 Å². The fraction of sp³-hybridized carbons (Fsp3) is 0.400. The molecule has 0 fully saturated rings. The van der Waals surface area contributed by atoms with Crippen molar-refractivity contribution < 1.29 is 13.5 Å². The van der Waals surface area contributed by atoms with Crippen molar-refractivity contribution in [1.82, 2.24) is 15.1 Å². The molecule has 112 valence electrons. The maximum atomic E-state index is 13.2. The number of aromatic nitrogens is 2. The number of ether oxygens (including phenoxy) is 1. The highest BCUT2D eigenvalue weighted by Crippen LogP contribution is 2.26. The highest BCUT2D eigenvalue weighted by molar-refractivity contribution is 5.29. The zero-order chi connectivity index (χ0) is 14.8. The van der Waals surface area contributed by atoms with Crippen molar-refractivity contribution in [1.29, 1.82) is 0 Å². The molecular weight excluding hydrogens is 276 g/mol. The minimum Gasteiger partial charge on any atom is -0.375 e. The van der Waals surface area contributed by atoms with E-state index in [4.69, 9.17) is 4.74 Å². The van der Waals surface area contributed by atoms with Crippen molar-refractivity contribution >= 4 is 0 Å². The lowest BCUT2D eigenvalue weighted by Crippen LogP contribution is -2.17. The van der Waals surface area contributed by atoms with E-state index in [2.05, 4.69) is 15.1 Å². The van der Waals surface area contributed by atoms with E-state index in [1.54, 1.807) is 6.07 Å². The van der Waals surface area contributed by atoms with Crippen LogP contribution in [0.3, 0.4) is 0 Å². The SMILES string of the molecule is CCOCc1n[nH]c2c1CN(Cc1ccc(F)c(F)c1)C2. The Kier molecular flexibility index (Phi) is 3.98. The van der Waals surface area contributed by atoms with Gasteiger partial charge < -0.3 is 4.74 Å². The highest BCUT2D eigenvalue weighted by Gasteiger charge is 2.24. The Hall–Kier alpha value is -1.79. The average molecular weight is 293 g/mol. The van der Waals surface area contributed by atoms with E-state index in [9.17, 15) is 8.78 Å². The van der Waals surface area contributed by atoms with Crippen LogP contribution in [0.5, 0.6) is 0 Å². The molecule has 4 nitrogen and oxygen atoms in total. The summed E-state index contributed by atoms with van der Waals surface area (Å²) >= 11 is 0. The van der Waals surface area contributed by atoms with Gasteiger partial charge >= 0.3 is 0 Å². The molecule has 0 spiro atoms. The molecule has 0 saturated heterocycles. The Bertz CT molecular complexity index is 642. The number of hydrogen-bond acceptors (Lipinski definition) is 3. The van der Waals surface area contributed by atoms with Crippen molar-refractivity contribution in [2.45, 2.75) is 33.2 Å². The Morgan fingerprint density at radius 3 is 2.90 bits per heavy atom. The predicted molar refractivity (Wildman–Crippen MR) is 73.2 cm³/mol. The van der Waals surface area contributed by atoms with Gasteiger partial charge in [0, 0.05) is 31.8 Å². The van der Waals surface area contributed by atoms with E-state index in [-0.39, 0.29) is 0 Å². The molecule has 3 rings (SSSR count). The van der Waals surface area contributed by atoms with E-state index >= 15 is 0 Å². The summed E-state index contributed by atoms with van der Waals surface area (Å²) in [5.41, 5.74) is 3.93. The van der Waals surface area contributed by atoms with Gasteiger partial charge in [0.2, 0.25) is 0 Å². The molecule has 21 heavy (non-hydrogen) atoms. The second-order valence-corrected chi connectivity index (χ2v) is 5.16. The quantitative estimate of drug-likeness (QED) is 0.921. The first-order valence-electron chi connectivity index (χ1n) is 6.96. The maximum absolute atomic E-state index is 13.2. The second-order valence-electron chi connectivity index (χ2n) is 5.16. The molecule has 1 aliphatic heterocycles. The summed E-state index contributed by atoms with van der Waals surface area (Å²) in [6, 6.07) is 4.04. The summed E-state index contributed by atoms with van der Waals surface area (Å²) in [5, 5.41) is 7.28. The van der Waals surface area contributed by atoms with Crippen LogP contribution in [0.1, 0.15) is 29.4 Å². The van der Waals surface area contributed by atoms with E-state index in [0.29, 0.717) is 19.8 Å². The number of rotatable bonds is 5. The summed E-state index contributed by atoms with van der Waals surface area (Å²) in [6.07, 6.45) is 0. The lowest BCUT2D eigenvalue weighted by atomic mass is 10.2. The molecule has 1 aliphatic rings. The largest absolute Gasteiger partial charge is 0.375 e. The van der Waals surface area contributed by atoms with Crippen molar-refractivity contribution in [2.75, 3.05) is 6.61 Å². The van der Waals surface area contributed by atoms with Crippen LogP contribution in [0.15, 0.2) is 18.2 Å². The van der Waals surface area contributed by atoms with Gasteiger partial charge in [0.1, 0.15) is 0 Å². The zero-order valence-corrected chi connectivity index (χ0v) is 11.8. The van der Waals surface area contributed by atoms with Crippen LogP contribution in [-0.2, 0) is 31.0 Å². The molecule has 0 saturated carbocycles. The fourth-order valence-corrected chi connectivity index (χ4v) is 2.59. The summed E-state index contributed by atoms with van der Waals surface area (Å²) < 4.78 is 31.6. The van der Waals surface area contributed by atoms with E-state index < -0.39 is 11.6 Å². The number of H-pyrrole nitrogens is 1. The monoisotopic (exact) mass is 293 g/mol. The molecule has 1 aromatic heterocycles. The van der Waals surface area contributed by atoms with Crippen LogP contribution in [0.25, 0.3) is 0 Å². The summed E-state index contributed by atoms with van der Waals surface area (Å²) in [6.45, 7) is 5.15. The first-order chi connectivity index (χ1) is 10.2. The van der Waals surface area contributed by atoms with Crippen LogP contribution < -0.4 is 0 Å². The maximum Gasteiger partial charge on any atom is 0.159 e. The molecule has 2 aromatic rings. The molecular formula is C15H17F2N3O. The van der Waals surface area contributed by atoms with E-state index in [0.717, 1.165) is 35.6 Å². The van der Waals surface area contributed by atoms with Gasteiger partial charge in [-0.15, -0.1) is 0 Å². The normalized spacial score (nSPS) is 14.6. The second kappa shape index (κ2) is 5.91. The van der Waals surface area contributed by atoms with Crippen molar-refractivity contribution in [3.63, 3.8) is 0 Å². The van der Waals surface area contributed by atoms with Crippen LogP contribution in [0.4, 0.5) is 8.78 Å². The molecule has 0 bridgehead atoms. The summed E-state index contributed by atoms with van der Waals surface area (Å²) in [7, 11) is 0. The molecule has 1 aromatic carbocycles. The van der Waals surface area contributed by atoms with Gasteiger partial charge in [0.15, 0.2) is 11.6 Å². The molecule has 2 heterocycles. The zero-order valence-electron chi connectivity index (χ0n) is 11.8. The smallest absolute Gasteiger partial charge is 0.159 e. The topological polar surface area (TPSA) is 41.1 Å². The van der Waals surface area contributed by atoms with E-state index in [1.807, 2.05) is 6.92 Å². The van der Waals surface area contributed by atoms with E-state index in [1.165, 1.54) is 12.1 Å². The minimum atomic E-state index is -0.811. The number of benzene rings is 1. The molecule has 0 atom stereocenters. The van der Waals surface area contributed by atoms with Crippen molar-refractivity contribution in [3.8, 4) is 0 Å². The van der Waals surface area contributed by atoms with Gasteiger partial charge in [0.25, 0.3) is 0 Å². The molecule has 6 heteroatoms. The first kappa shape index (κ1) is 14.2. The van der Waals surface area contributed by atoms with Gasteiger partial charge in [-0.25, -0.2) is 8.78 Å². The van der Waals surface area contributed by atoms with Crippen molar-refractivity contribution in [2.24, 2.45) is 0 Å². The Labute approximate surface area is 121 Å². The number of halogens is 2. The average Bonchev–Trinajstić information content (AvgIpc) is 3.01. The molecule has 0 radical (unpaired) electrons. The van der Waals surface area contributed by atoms with Gasteiger partial charge in [-0.05, 0) is 24.6 Å².